The summed E-state index contributed by atoms with van der Waals surface area (Å²) in [5.74, 6) is -0.0522. The first-order valence-corrected chi connectivity index (χ1v) is 8.86. The molecule has 0 aliphatic heterocycles. The summed E-state index contributed by atoms with van der Waals surface area (Å²) in [4.78, 5) is 26.9. The Kier molecular flexibility index (Phi) is 4.46. The molecule has 0 bridgehead atoms. The van der Waals surface area contributed by atoms with Crippen LogP contribution in [-0.2, 0) is 17.9 Å². The van der Waals surface area contributed by atoms with Crippen LogP contribution in [0.4, 0.5) is 0 Å². The molecule has 0 spiro atoms. The van der Waals surface area contributed by atoms with Crippen molar-refractivity contribution in [3.8, 4) is 0 Å². The average molecular weight is 361 g/mol. The monoisotopic (exact) mass is 361 g/mol. The second kappa shape index (κ2) is 7.07. The molecule has 4 rings (SSSR count). The van der Waals surface area contributed by atoms with E-state index >= 15 is 0 Å². The predicted molar refractivity (Wildman–Crippen MR) is 103 cm³/mol. The highest BCUT2D eigenvalue weighted by atomic mass is 16.4. The SMILES string of the molecule is CCN(Cc1ccccc1)C(=O)Cn1ncc2c(=O)oc3ccccc3c21. The van der Waals surface area contributed by atoms with Crippen LogP contribution in [0.3, 0.4) is 0 Å². The fourth-order valence-electron chi connectivity index (χ4n) is 3.25. The zero-order valence-electron chi connectivity index (χ0n) is 15.0. The molecule has 0 atom stereocenters. The fourth-order valence-corrected chi connectivity index (χ4v) is 3.25. The normalized spacial score (nSPS) is 11.1. The van der Waals surface area contributed by atoms with Gasteiger partial charge in [0.15, 0.2) is 0 Å². The van der Waals surface area contributed by atoms with Crippen LogP contribution < -0.4 is 5.63 Å². The minimum Gasteiger partial charge on any atom is -0.422 e. The molecule has 0 unspecified atom stereocenters. The lowest BCUT2D eigenvalue weighted by Gasteiger charge is -2.21. The van der Waals surface area contributed by atoms with E-state index in [-0.39, 0.29) is 12.5 Å². The quantitative estimate of drug-likeness (QED) is 0.512. The Hall–Kier alpha value is -3.41. The number of para-hydroxylation sites is 1. The number of amides is 1. The van der Waals surface area contributed by atoms with Gasteiger partial charge in [0.2, 0.25) is 5.91 Å². The van der Waals surface area contributed by atoms with E-state index in [0.717, 1.165) is 10.9 Å². The summed E-state index contributed by atoms with van der Waals surface area (Å²) in [6.07, 6.45) is 1.47. The Bertz CT molecular complexity index is 1160. The Balaban J connectivity index is 1.68. The van der Waals surface area contributed by atoms with Crippen molar-refractivity contribution in [1.29, 1.82) is 0 Å². The first-order valence-electron chi connectivity index (χ1n) is 8.86. The first kappa shape index (κ1) is 17.0. The maximum atomic E-state index is 12.9. The van der Waals surface area contributed by atoms with Crippen LogP contribution in [0.1, 0.15) is 12.5 Å². The molecule has 0 aliphatic carbocycles. The molecule has 2 aromatic carbocycles. The molecule has 0 saturated heterocycles. The third-order valence-corrected chi connectivity index (χ3v) is 4.64. The van der Waals surface area contributed by atoms with Gasteiger partial charge >= 0.3 is 5.63 Å². The Morgan fingerprint density at radius 1 is 1.07 bits per heavy atom. The van der Waals surface area contributed by atoms with Gasteiger partial charge in [-0.05, 0) is 24.6 Å². The number of nitrogens with zero attached hydrogens (tertiary/aromatic N) is 3. The summed E-state index contributed by atoms with van der Waals surface area (Å²) in [6, 6.07) is 17.1. The molecule has 0 saturated carbocycles. The molecular formula is C21H19N3O3. The number of likely N-dealkylation sites (N-methyl/N-ethyl adjacent to an activating group) is 1. The highest BCUT2D eigenvalue weighted by Gasteiger charge is 2.18. The molecule has 6 nitrogen and oxygen atoms in total. The van der Waals surface area contributed by atoms with E-state index in [1.54, 1.807) is 15.6 Å². The number of hydrogen-bond acceptors (Lipinski definition) is 4. The zero-order chi connectivity index (χ0) is 18.8. The number of carbonyl (C=O) groups excluding carboxylic acids is 1. The molecule has 6 heteroatoms. The van der Waals surface area contributed by atoms with Gasteiger partial charge in [-0.2, -0.15) is 5.10 Å². The van der Waals surface area contributed by atoms with E-state index in [4.69, 9.17) is 4.42 Å². The van der Waals surface area contributed by atoms with Gasteiger partial charge in [0, 0.05) is 18.5 Å². The minimum absolute atomic E-state index is 0.0522. The zero-order valence-corrected chi connectivity index (χ0v) is 15.0. The van der Waals surface area contributed by atoms with Gasteiger partial charge in [-0.1, -0.05) is 42.5 Å². The number of aromatic nitrogens is 2. The third kappa shape index (κ3) is 3.21. The van der Waals surface area contributed by atoms with Crippen LogP contribution >= 0.6 is 0 Å². The minimum atomic E-state index is -0.445. The average Bonchev–Trinajstić information content (AvgIpc) is 3.11. The molecule has 0 fully saturated rings. The van der Waals surface area contributed by atoms with E-state index in [1.807, 2.05) is 55.5 Å². The van der Waals surface area contributed by atoms with Gasteiger partial charge in [0.25, 0.3) is 0 Å². The molecule has 1 amide bonds. The maximum Gasteiger partial charge on any atom is 0.347 e. The molecule has 27 heavy (non-hydrogen) atoms. The maximum absolute atomic E-state index is 12.9. The number of hydrogen-bond donors (Lipinski definition) is 0. The lowest BCUT2D eigenvalue weighted by atomic mass is 10.2. The smallest absolute Gasteiger partial charge is 0.347 e. The molecule has 2 aromatic heterocycles. The van der Waals surface area contributed by atoms with Crippen molar-refractivity contribution < 1.29 is 9.21 Å². The summed E-state index contributed by atoms with van der Waals surface area (Å²) in [5.41, 5.74) is 1.75. The van der Waals surface area contributed by atoms with E-state index in [1.165, 1.54) is 6.20 Å². The topological polar surface area (TPSA) is 68.3 Å². The summed E-state index contributed by atoms with van der Waals surface area (Å²) in [7, 11) is 0. The van der Waals surface area contributed by atoms with Crippen LogP contribution in [0.25, 0.3) is 21.9 Å². The lowest BCUT2D eigenvalue weighted by molar-refractivity contribution is -0.132. The van der Waals surface area contributed by atoms with E-state index in [2.05, 4.69) is 5.10 Å². The van der Waals surface area contributed by atoms with Gasteiger partial charge in [0.1, 0.15) is 17.5 Å². The van der Waals surface area contributed by atoms with Crippen LogP contribution in [0.5, 0.6) is 0 Å². The van der Waals surface area contributed by atoms with Crippen molar-refractivity contribution in [2.45, 2.75) is 20.0 Å². The van der Waals surface area contributed by atoms with Crippen molar-refractivity contribution in [3.05, 3.63) is 76.8 Å². The molecule has 2 heterocycles. The summed E-state index contributed by atoms with van der Waals surface area (Å²) in [5, 5.41) is 5.43. The predicted octanol–water partition coefficient (Wildman–Crippen LogP) is 3.19. The van der Waals surface area contributed by atoms with Gasteiger partial charge < -0.3 is 9.32 Å². The van der Waals surface area contributed by atoms with Gasteiger partial charge in [0.05, 0.1) is 11.7 Å². The van der Waals surface area contributed by atoms with E-state index in [9.17, 15) is 9.59 Å². The second-order valence-electron chi connectivity index (χ2n) is 6.34. The Morgan fingerprint density at radius 3 is 2.59 bits per heavy atom. The molecule has 0 radical (unpaired) electrons. The number of carbonyl (C=O) groups is 1. The Morgan fingerprint density at radius 2 is 1.81 bits per heavy atom. The van der Waals surface area contributed by atoms with Crippen molar-refractivity contribution in [2.24, 2.45) is 0 Å². The van der Waals surface area contributed by atoms with Crippen LogP contribution in [-0.4, -0.2) is 27.1 Å². The van der Waals surface area contributed by atoms with Crippen molar-refractivity contribution >= 4 is 27.8 Å². The molecule has 0 aliphatic rings. The van der Waals surface area contributed by atoms with Crippen molar-refractivity contribution in [1.82, 2.24) is 14.7 Å². The highest BCUT2D eigenvalue weighted by molar-refractivity contribution is 6.02. The van der Waals surface area contributed by atoms with E-state index < -0.39 is 5.63 Å². The van der Waals surface area contributed by atoms with Crippen molar-refractivity contribution in [2.75, 3.05) is 6.54 Å². The summed E-state index contributed by atoms with van der Waals surface area (Å²) >= 11 is 0. The molecule has 136 valence electrons. The third-order valence-electron chi connectivity index (χ3n) is 4.64. The second-order valence-corrected chi connectivity index (χ2v) is 6.34. The van der Waals surface area contributed by atoms with Gasteiger partial charge in [-0.3, -0.25) is 9.48 Å². The van der Waals surface area contributed by atoms with Crippen molar-refractivity contribution in [3.63, 3.8) is 0 Å². The van der Waals surface area contributed by atoms with Gasteiger partial charge in [-0.25, -0.2) is 4.79 Å². The summed E-state index contributed by atoms with van der Waals surface area (Å²) in [6.45, 7) is 3.15. The van der Waals surface area contributed by atoms with Crippen LogP contribution in [0.15, 0.2) is 70.0 Å². The van der Waals surface area contributed by atoms with Gasteiger partial charge in [-0.15, -0.1) is 0 Å². The number of rotatable bonds is 5. The largest absolute Gasteiger partial charge is 0.422 e. The number of benzene rings is 2. The van der Waals surface area contributed by atoms with E-state index in [0.29, 0.717) is 29.6 Å². The fraction of sp³-hybridized carbons (Fsp3) is 0.190. The standard InChI is InChI=1S/C21H19N3O3/c1-2-23(13-15-8-4-3-5-9-15)19(25)14-24-20-16-10-6-7-11-18(16)27-21(26)17(20)12-22-24/h3-12H,2,13-14H2,1H3. The highest BCUT2D eigenvalue weighted by Crippen LogP contribution is 2.22. The van der Waals surface area contributed by atoms with Crippen LogP contribution in [0, 0.1) is 0 Å². The molecular weight excluding hydrogens is 342 g/mol. The lowest BCUT2D eigenvalue weighted by Crippen LogP contribution is -2.33. The number of fused-ring (bicyclic) bond motifs is 3. The Labute approximate surface area is 155 Å². The molecule has 0 N–H and O–H groups in total. The van der Waals surface area contributed by atoms with Crippen LogP contribution in [0.2, 0.25) is 0 Å². The molecule has 4 aromatic rings. The summed E-state index contributed by atoms with van der Waals surface area (Å²) < 4.78 is 6.92. The first-order chi connectivity index (χ1) is 13.2.